The highest BCUT2D eigenvalue weighted by Gasteiger charge is 2.31. The smallest absolute Gasteiger partial charge is 0.246 e. The van der Waals surface area contributed by atoms with Gasteiger partial charge in [-0.15, -0.1) is 0 Å². The van der Waals surface area contributed by atoms with Crippen molar-refractivity contribution in [3.63, 3.8) is 0 Å². The molecule has 0 aliphatic rings. The number of nitrogens with zero attached hydrogens (tertiary/aromatic N) is 4. The zero-order valence-corrected chi connectivity index (χ0v) is 18.5. The molecule has 3 aromatic rings. The van der Waals surface area contributed by atoms with Crippen LogP contribution in [0.2, 0.25) is 0 Å². The number of anilines is 1. The summed E-state index contributed by atoms with van der Waals surface area (Å²) in [5, 5.41) is 3.94. The molecular formula is C21H24N4O5S. The van der Waals surface area contributed by atoms with Crippen molar-refractivity contribution < 1.29 is 22.5 Å². The molecule has 9 nitrogen and oxygen atoms in total. The van der Waals surface area contributed by atoms with E-state index in [0.29, 0.717) is 17.3 Å². The quantitative estimate of drug-likeness (QED) is 0.526. The molecule has 164 valence electrons. The summed E-state index contributed by atoms with van der Waals surface area (Å²) in [4.78, 5) is 18.7. The van der Waals surface area contributed by atoms with Gasteiger partial charge in [0, 0.05) is 18.7 Å². The van der Waals surface area contributed by atoms with E-state index in [4.69, 9.17) is 9.26 Å². The molecule has 10 heteroatoms. The van der Waals surface area contributed by atoms with Crippen LogP contribution in [0.4, 0.5) is 5.69 Å². The molecule has 0 bridgehead atoms. The number of benzene rings is 2. The van der Waals surface area contributed by atoms with Crippen LogP contribution < -0.4 is 9.04 Å². The fraction of sp³-hybridized carbons (Fsp3) is 0.286. The molecule has 0 aliphatic heterocycles. The molecule has 1 atom stereocenters. The van der Waals surface area contributed by atoms with Crippen molar-refractivity contribution in [3.8, 4) is 17.1 Å². The first-order valence-corrected chi connectivity index (χ1v) is 11.3. The number of rotatable bonds is 8. The number of ether oxygens (including phenoxy) is 1. The molecule has 3 rings (SSSR count). The molecule has 0 aliphatic carbocycles. The van der Waals surface area contributed by atoms with Crippen LogP contribution in [0.3, 0.4) is 0 Å². The summed E-state index contributed by atoms with van der Waals surface area (Å²) in [6.45, 7) is 1.57. The Morgan fingerprint density at radius 2 is 1.87 bits per heavy atom. The summed E-state index contributed by atoms with van der Waals surface area (Å²) in [5.41, 5.74) is 1.13. The fourth-order valence-electron chi connectivity index (χ4n) is 3.17. The van der Waals surface area contributed by atoms with Crippen LogP contribution in [-0.4, -0.2) is 55.8 Å². The number of amides is 1. The molecular weight excluding hydrogens is 420 g/mol. The van der Waals surface area contributed by atoms with Crippen molar-refractivity contribution in [2.45, 2.75) is 19.5 Å². The zero-order valence-electron chi connectivity index (χ0n) is 17.7. The van der Waals surface area contributed by atoms with Gasteiger partial charge in [-0.1, -0.05) is 41.6 Å². The zero-order chi connectivity index (χ0) is 22.6. The van der Waals surface area contributed by atoms with Crippen LogP contribution in [0.15, 0.2) is 59.1 Å². The van der Waals surface area contributed by atoms with Crippen molar-refractivity contribution in [2.75, 3.05) is 24.7 Å². The number of methoxy groups -OCH3 is 1. The van der Waals surface area contributed by atoms with Crippen LogP contribution in [0.1, 0.15) is 12.8 Å². The maximum atomic E-state index is 13.0. The third-order valence-electron chi connectivity index (χ3n) is 4.62. The van der Waals surface area contributed by atoms with Crippen molar-refractivity contribution in [1.82, 2.24) is 15.0 Å². The summed E-state index contributed by atoms with van der Waals surface area (Å²) >= 11 is 0. The molecule has 0 N–H and O–H groups in total. The molecule has 1 heterocycles. The lowest BCUT2D eigenvalue weighted by molar-refractivity contribution is -0.131. The topological polar surface area (TPSA) is 106 Å². The predicted molar refractivity (Wildman–Crippen MR) is 116 cm³/mol. The highest BCUT2D eigenvalue weighted by molar-refractivity contribution is 7.92. The van der Waals surface area contributed by atoms with Gasteiger partial charge in [-0.3, -0.25) is 9.10 Å². The normalized spacial score (nSPS) is 12.3. The number of hydrogen-bond acceptors (Lipinski definition) is 7. The van der Waals surface area contributed by atoms with Gasteiger partial charge in [0.25, 0.3) is 0 Å². The first kappa shape index (κ1) is 22.3. The Kier molecular flexibility index (Phi) is 6.59. The van der Waals surface area contributed by atoms with Crippen LogP contribution >= 0.6 is 0 Å². The Morgan fingerprint density at radius 3 is 2.52 bits per heavy atom. The first-order chi connectivity index (χ1) is 14.7. The highest BCUT2D eigenvalue weighted by atomic mass is 32.2. The van der Waals surface area contributed by atoms with Crippen molar-refractivity contribution in [1.29, 1.82) is 0 Å². The standard InChI is InChI=1S/C21H24N4O5S/c1-15(25(31(4,27)28)17-11-8-12-18(13-17)29-3)21(26)24(2)14-19-22-20(23-30-19)16-9-6-5-7-10-16/h5-13,15H,14H2,1-4H3/t15-/m1/s1. The highest BCUT2D eigenvalue weighted by Crippen LogP contribution is 2.26. The van der Waals surface area contributed by atoms with E-state index in [0.717, 1.165) is 16.1 Å². The van der Waals surface area contributed by atoms with Gasteiger partial charge in [0.1, 0.15) is 11.8 Å². The molecule has 1 amide bonds. The van der Waals surface area contributed by atoms with E-state index < -0.39 is 22.0 Å². The molecule has 0 spiro atoms. The van der Waals surface area contributed by atoms with Gasteiger partial charge in [0.2, 0.25) is 27.6 Å². The Labute approximate surface area is 181 Å². The minimum Gasteiger partial charge on any atom is -0.497 e. The maximum absolute atomic E-state index is 13.0. The Bertz CT molecular complexity index is 1150. The Morgan fingerprint density at radius 1 is 1.16 bits per heavy atom. The van der Waals surface area contributed by atoms with Gasteiger partial charge in [-0.25, -0.2) is 8.42 Å². The van der Waals surface area contributed by atoms with Crippen LogP contribution in [0.5, 0.6) is 5.75 Å². The Hall–Kier alpha value is -3.40. The largest absolute Gasteiger partial charge is 0.497 e. The van der Waals surface area contributed by atoms with Crippen molar-refractivity contribution in [3.05, 3.63) is 60.5 Å². The fourth-order valence-corrected chi connectivity index (χ4v) is 4.33. The summed E-state index contributed by atoms with van der Waals surface area (Å²) in [7, 11) is -0.707. The summed E-state index contributed by atoms with van der Waals surface area (Å²) in [5.74, 6) is 0.721. The number of hydrogen-bond donors (Lipinski definition) is 0. The maximum Gasteiger partial charge on any atom is 0.246 e. The van der Waals surface area contributed by atoms with Gasteiger partial charge >= 0.3 is 0 Å². The van der Waals surface area contributed by atoms with E-state index >= 15 is 0 Å². The van der Waals surface area contributed by atoms with Crippen molar-refractivity contribution >= 4 is 21.6 Å². The van der Waals surface area contributed by atoms with Gasteiger partial charge in [0.15, 0.2) is 0 Å². The predicted octanol–water partition coefficient (Wildman–Crippen LogP) is 2.56. The summed E-state index contributed by atoms with van der Waals surface area (Å²) in [6.07, 6.45) is 1.06. The third kappa shape index (κ3) is 5.21. The molecule has 0 saturated carbocycles. The number of sulfonamides is 1. The number of carbonyl (C=O) groups excluding carboxylic acids is 1. The van der Waals surface area contributed by atoms with E-state index in [1.54, 1.807) is 31.3 Å². The average Bonchev–Trinajstić information content (AvgIpc) is 3.21. The molecule has 0 unspecified atom stereocenters. The average molecular weight is 445 g/mol. The van der Waals surface area contributed by atoms with Gasteiger partial charge in [-0.05, 0) is 19.1 Å². The van der Waals surface area contributed by atoms with E-state index in [1.807, 2.05) is 30.3 Å². The lowest BCUT2D eigenvalue weighted by atomic mass is 10.2. The number of aromatic nitrogens is 2. The molecule has 0 radical (unpaired) electrons. The second-order valence-electron chi connectivity index (χ2n) is 7.01. The number of carbonyl (C=O) groups is 1. The molecule has 0 fully saturated rings. The minimum atomic E-state index is -3.75. The van der Waals surface area contributed by atoms with Gasteiger partial charge in [0.05, 0.1) is 25.6 Å². The Balaban J connectivity index is 1.79. The first-order valence-electron chi connectivity index (χ1n) is 9.47. The van der Waals surface area contributed by atoms with Crippen LogP contribution in [-0.2, 0) is 21.4 Å². The molecule has 1 aromatic heterocycles. The number of likely N-dealkylation sites (N-methyl/N-ethyl adjacent to an activating group) is 1. The third-order valence-corrected chi connectivity index (χ3v) is 5.86. The molecule has 31 heavy (non-hydrogen) atoms. The summed E-state index contributed by atoms with van der Waals surface area (Å²) < 4.78 is 36.5. The van der Waals surface area contributed by atoms with E-state index in [1.165, 1.54) is 18.9 Å². The lowest BCUT2D eigenvalue weighted by Crippen LogP contribution is -2.48. The van der Waals surface area contributed by atoms with Gasteiger partial charge < -0.3 is 14.2 Å². The van der Waals surface area contributed by atoms with Crippen LogP contribution in [0.25, 0.3) is 11.4 Å². The second-order valence-corrected chi connectivity index (χ2v) is 8.87. The van der Waals surface area contributed by atoms with Crippen molar-refractivity contribution in [2.24, 2.45) is 0 Å². The van der Waals surface area contributed by atoms with E-state index in [9.17, 15) is 13.2 Å². The molecule has 2 aromatic carbocycles. The SMILES string of the molecule is COc1cccc(N([C@H](C)C(=O)N(C)Cc2nc(-c3ccccc3)no2)S(C)(=O)=O)c1. The lowest BCUT2D eigenvalue weighted by Gasteiger charge is -2.30. The van der Waals surface area contributed by atoms with E-state index in [-0.39, 0.29) is 12.4 Å². The van der Waals surface area contributed by atoms with Crippen LogP contribution in [0, 0.1) is 0 Å². The monoisotopic (exact) mass is 444 g/mol. The second kappa shape index (κ2) is 9.17. The minimum absolute atomic E-state index is 0.0404. The van der Waals surface area contributed by atoms with E-state index in [2.05, 4.69) is 10.1 Å². The van der Waals surface area contributed by atoms with Gasteiger partial charge in [-0.2, -0.15) is 4.98 Å². The molecule has 0 saturated heterocycles. The summed E-state index contributed by atoms with van der Waals surface area (Å²) in [6, 6.07) is 14.8.